The lowest BCUT2D eigenvalue weighted by Crippen LogP contribution is -2.44. The molecule has 0 bridgehead atoms. The summed E-state index contributed by atoms with van der Waals surface area (Å²) >= 11 is 1.46. The molecule has 0 saturated carbocycles. The number of sulfone groups is 1. The largest absolute Gasteiger partial charge is 0.316 e. The SMILES string of the molecule is NC1(c2nccs2)CCS(=O)(=O)c2ccccc21. The number of thiazole rings is 1. The highest BCUT2D eigenvalue weighted by molar-refractivity contribution is 7.91. The van der Waals surface area contributed by atoms with Gasteiger partial charge in [-0.1, -0.05) is 18.2 Å². The summed E-state index contributed by atoms with van der Waals surface area (Å²) < 4.78 is 24.1. The fourth-order valence-corrected chi connectivity index (χ4v) is 4.79. The third-order valence-corrected chi connectivity index (χ3v) is 6.00. The Bertz CT molecular complexity index is 680. The fraction of sp³-hybridized carbons (Fsp3) is 0.250. The van der Waals surface area contributed by atoms with E-state index in [4.69, 9.17) is 5.73 Å². The van der Waals surface area contributed by atoms with Gasteiger partial charge in [-0.2, -0.15) is 0 Å². The molecule has 1 unspecified atom stereocenters. The van der Waals surface area contributed by atoms with Crippen LogP contribution in [0.3, 0.4) is 0 Å². The standard InChI is InChI=1S/C12H12N2O2S2/c13-12(11-14-6-7-17-11)5-8-18(15,16)10-4-2-1-3-9(10)12/h1-4,6-7H,5,8,13H2. The zero-order valence-electron chi connectivity index (χ0n) is 9.54. The molecular weight excluding hydrogens is 268 g/mol. The predicted molar refractivity (Wildman–Crippen MR) is 70.2 cm³/mol. The van der Waals surface area contributed by atoms with Gasteiger partial charge < -0.3 is 5.73 Å². The molecule has 0 saturated heterocycles. The van der Waals surface area contributed by atoms with Crippen molar-refractivity contribution in [2.45, 2.75) is 16.9 Å². The summed E-state index contributed by atoms with van der Waals surface area (Å²) in [4.78, 5) is 4.60. The van der Waals surface area contributed by atoms with Gasteiger partial charge in [-0.25, -0.2) is 13.4 Å². The quantitative estimate of drug-likeness (QED) is 0.859. The van der Waals surface area contributed by atoms with Crippen molar-refractivity contribution in [3.8, 4) is 0 Å². The number of rotatable bonds is 1. The van der Waals surface area contributed by atoms with E-state index in [2.05, 4.69) is 4.98 Å². The van der Waals surface area contributed by atoms with Crippen molar-refractivity contribution in [3.05, 3.63) is 46.4 Å². The number of hydrogen-bond acceptors (Lipinski definition) is 5. The Morgan fingerprint density at radius 2 is 2.11 bits per heavy atom. The first-order chi connectivity index (χ1) is 8.54. The third-order valence-electron chi connectivity index (χ3n) is 3.28. The van der Waals surface area contributed by atoms with Gasteiger partial charge in [0.1, 0.15) is 5.01 Å². The average Bonchev–Trinajstić information content (AvgIpc) is 2.89. The molecule has 0 spiro atoms. The van der Waals surface area contributed by atoms with Gasteiger partial charge in [-0.15, -0.1) is 11.3 Å². The summed E-state index contributed by atoms with van der Waals surface area (Å²) in [6.45, 7) is 0. The van der Waals surface area contributed by atoms with Crippen molar-refractivity contribution in [2.75, 3.05) is 5.75 Å². The highest BCUT2D eigenvalue weighted by Gasteiger charge is 2.41. The van der Waals surface area contributed by atoms with Gasteiger partial charge in [0.2, 0.25) is 0 Å². The van der Waals surface area contributed by atoms with Crippen LogP contribution < -0.4 is 5.73 Å². The van der Waals surface area contributed by atoms with Crippen molar-refractivity contribution < 1.29 is 8.42 Å². The van der Waals surface area contributed by atoms with E-state index >= 15 is 0 Å². The second kappa shape index (κ2) is 3.88. The van der Waals surface area contributed by atoms with Crippen molar-refractivity contribution >= 4 is 21.2 Å². The zero-order valence-corrected chi connectivity index (χ0v) is 11.2. The Morgan fingerprint density at radius 1 is 1.33 bits per heavy atom. The molecule has 1 aliphatic heterocycles. The van der Waals surface area contributed by atoms with Gasteiger partial charge in [0.25, 0.3) is 0 Å². The molecule has 1 aromatic heterocycles. The molecule has 0 radical (unpaired) electrons. The van der Waals surface area contributed by atoms with E-state index in [-0.39, 0.29) is 5.75 Å². The molecule has 2 heterocycles. The van der Waals surface area contributed by atoms with E-state index in [1.165, 1.54) is 11.3 Å². The van der Waals surface area contributed by atoms with Crippen LogP contribution in [0, 0.1) is 0 Å². The monoisotopic (exact) mass is 280 g/mol. The Hall–Kier alpha value is -1.24. The number of nitrogens with zero attached hydrogens (tertiary/aromatic N) is 1. The van der Waals surface area contributed by atoms with Crippen LogP contribution in [0.4, 0.5) is 0 Å². The fourth-order valence-electron chi connectivity index (χ4n) is 2.31. The second-order valence-electron chi connectivity index (χ2n) is 4.37. The maximum atomic E-state index is 12.1. The van der Waals surface area contributed by atoms with Crippen LogP contribution in [0.25, 0.3) is 0 Å². The number of benzene rings is 1. The average molecular weight is 280 g/mol. The van der Waals surface area contributed by atoms with Gasteiger partial charge in [0.15, 0.2) is 9.84 Å². The molecule has 94 valence electrons. The first-order valence-corrected chi connectivity index (χ1v) is 8.08. The number of aromatic nitrogens is 1. The van der Waals surface area contributed by atoms with Crippen LogP contribution >= 0.6 is 11.3 Å². The molecular formula is C12H12N2O2S2. The molecule has 18 heavy (non-hydrogen) atoms. The molecule has 0 amide bonds. The number of nitrogens with two attached hydrogens (primary N) is 1. The first kappa shape index (κ1) is 11.8. The number of hydrogen-bond donors (Lipinski definition) is 1. The Kier molecular flexibility index (Phi) is 2.55. The highest BCUT2D eigenvalue weighted by atomic mass is 32.2. The van der Waals surface area contributed by atoms with Crippen molar-refractivity contribution in [1.29, 1.82) is 0 Å². The first-order valence-electron chi connectivity index (χ1n) is 5.55. The lowest BCUT2D eigenvalue weighted by molar-refractivity contribution is 0.481. The van der Waals surface area contributed by atoms with E-state index in [9.17, 15) is 8.42 Å². The predicted octanol–water partition coefficient (Wildman–Crippen LogP) is 1.52. The minimum atomic E-state index is -3.21. The van der Waals surface area contributed by atoms with Crippen molar-refractivity contribution in [3.63, 3.8) is 0 Å². The molecule has 2 N–H and O–H groups in total. The maximum Gasteiger partial charge on any atom is 0.178 e. The minimum absolute atomic E-state index is 0.0695. The summed E-state index contributed by atoms with van der Waals surface area (Å²) in [5.41, 5.74) is 6.32. The van der Waals surface area contributed by atoms with E-state index < -0.39 is 15.4 Å². The van der Waals surface area contributed by atoms with E-state index in [1.54, 1.807) is 24.4 Å². The van der Waals surface area contributed by atoms with Crippen LogP contribution in [0.1, 0.15) is 17.0 Å². The van der Waals surface area contributed by atoms with Crippen molar-refractivity contribution in [2.24, 2.45) is 5.73 Å². The van der Waals surface area contributed by atoms with Crippen LogP contribution in [-0.4, -0.2) is 19.2 Å². The summed E-state index contributed by atoms with van der Waals surface area (Å²) in [5.74, 6) is 0.0695. The number of fused-ring (bicyclic) bond motifs is 1. The molecule has 1 aliphatic rings. The van der Waals surface area contributed by atoms with Crippen LogP contribution in [0.15, 0.2) is 40.7 Å². The Balaban J connectivity index is 2.28. The summed E-state index contributed by atoms with van der Waals surface area (Å²) in [5, 5.41) is 2.63. The lowest BCUT2D eigenvalue weighted by atomic mass is 9.88. The van der Waals surface area contributed by atoms with Gasteiger partial charge >= 0.3 is 0 Å². The summed E-state index contributed by atoms with van der Waals surface area (Å²) in [6.07, 6.45) is 2.07. The molecule has 2 aromatic rings. The van der Waals surface area contributed by atoms with Gasteiger partial charge in [0.05, 0.1) is 16.2 Å². The highest BCUT2D eigenvalue weighted by Crippen LogP contribution is 2.40. The molecule has 0 fully saturated rings. The van der Waals surface area contributed by atoms with Gasteiger partial charge in [-0.3, -0.25) is 0 Å². The smallest absolute Gasteiger partial charge is 0.178 e. The molecule has 0 aliphatic carbocycles. The van der Waals surface area contributed by atoms with Gasteiger partial charge in [0, 0.05) is 11.6 Å². The lowest BCUT2D eigenvalue weighted by Gasteiger charge is -2.33. The molecule has 1 atom stereocenters. The zero-order chi connectivity index (χ0) is 12.8. The molecule has 1 aromatic carbocycles. The van der Waals surface area contributed by atoms with Crippen LogP contribution in [0.2, 0.25) is 0 Å². The summed E-state index contributed by atoms with van der Waals surface area (Å²) in [7, 11) is -3.21. The Morgan fingerprint density at radius 3 is 2.83 bits per heavy atom. The van der Waals surface area contributed by atoms with Gasteiger partial charge in [-0.05, 0) is 18.1 Å². The molecule has 6 heteroatoms. The maximum absolute atomic E-state index is 12.1. The van der Waals surface area contributed by atoms with Crippen LogP contribution in [-0.2, 0) is 15.4 Å². The molecule has 4 nitrogen and oxygen atoms in total. The summed E-state index contributed by atoms with van der Waals surface area (Å²) in [6, 6.07) is 6.95. The van der Waals surface area contributed by atoms with E-state index in [0.717, 1.165) is 5.01 Å². The van der Waals surface area contributed by atoms with Crippen molar-refractivity contribution in [1.82, 2.24) is 4.98 Å². The Labute approximate surface area is 109 Å². The minimum Gasteiger partial charge on any atom is -0.316 e. The van der Waals surface area contributed by atoms with E-state index in [0.29, 0.717) is 16.9 Å². The third kappa shape index (κ3) is 1.60. The normalized spacial score (nSPS) is 25.6. The molecule has 3 rings (SSSR count). The van der Waals surface area contributed by atoms with Crippen LogP contribution in [0.5, 0.6) is 0 Å². The topological polar surface area (TPSA) is 73.0 Å². The second-order valence-corrected chi connectivity index (χ2v) is 7.35. The van der Waals surface area contributed by atoms with E-state index in [1.807, 2.05) is 11.4 Å².